The Balaban J connectivity index is 1.40. The Bertz CT molecular complexity index is 1400. The SMILES string of the molecule is CCN(CCCNC(=O)CCc1nnc2n(CC(C)C)c(=O)c3ccccc3n12)c1cccc(C)c1. The molecule has 2 aromatic carbocycles. The second-order valence-electron chi connectivity index (χ2n) is 9.70. The fraction of sp³-hybridized carbons (Fsp3) is 0.429. The van der Waals surface area contributed by atoms with Gasteiger partial charge in [-0.25, -0.2) is 0 Å². The van der Waals surface area contributed by atoms with Crippen molar-refractivity contribution in [3.05, 3.63) is 70.3 Å². The van der Waals surface area contributed by atoms with Gasteiger partial charge in [0.1, 0.15) is 5.82 Å². The van der Waals surface area contributed by atoms with Crippen LogP contribution in [-0.4, -0.2) is 44.7 Å². The van der Waals surface area contributed by atoms with Gasteiger partial charge in [0.15, 0.2) is 0 Å². The third-order valence-corrected chi connectivity index (χ3v) is 6.37. The van der Waals surface area contributed by atoms with Gasteiger partial charge >= 0.3 is 0 Å². The van der Waals surface area contributed by atoms with Crippen molar-refractivity contribution in [1.82, 2.24) is 24.5 Å². The van der Waals surface area contributed by atoms with Crippen molar-refractivity contribution in [3.8, 4) is 0 Å². The van der Waals surface area contributed by atoms with Crippen molar-refractivity contribution in [2.24, 2.45) is 5.92 Å². The molecular formula is C28H36N6O2. The van der Waals surface area contributed by atoms with Gasteiger partial charge in [0.05, 0.1) is 10.9 Å². The summed E-state index contributed by atoms with van der Waals surface area (Å²) in [5, 5.41) is 12.4. The Morgan fingerprint density at radius 1 is 1.11 bits per heavy atom. The van der Waals surface area contributed by atoms with Crippen LogP contribution in [0.1, 0.15) is 45.0 Å². The van der Waals surface area contributed by atoms with Crippen LogP contribution >= 0.6 is 0 Å². The molecule has 0 aliphatic carbocycles. The lowest BCUT2D eigenvalue weighted by atomic mass is 10.2. The number of nitrogens with zero attached hydrogens (tertiary/aromatic N) is 5. The van der Waals surface area contributed by atoms with Crippen LogP contribution in [0.2, 0.25) is 0 Å². The number of rotatable bonds is 11. The quantitative estimate of drug-likeness (QED) is 0.323. The molecule has 8 heteroatoms. The topological polar surface area (TPSA) is 84.5 Å². The van der Waals surface area contributed by atoms with E-state index in [0.29, 0.717) is 42.9 Å². The summed E-state index contributed by atoms with van der Waals surface area (Å²) in [5.41, 5.74) is 3.17. The molecular weight excluding hydrogens is 452 g/mol. The number of para-hydroxylation sites is 1. The van der Waals surface area contributed by atoms with E-state index in [0.717, 1.165) is 25.0 Å². The molecule has 4 aromatic rings. The first-order valence-electron chi connectivity index (χ1n) is 12.8. The zero-order valence-corrected chi connectivity index (χ0v) is 21.7. The van der Waals surface area contributed by atoms with E-state index < -0.39 is 0 Å². The number of hydrogen-bond acceptors (Lipinski definition) is 5. The van der Waals surface area contributed by atoms with Gasteiger partial charge in [-0.15, -0.1) is 10.2 Å². The van der Waals surface area contributed by atoms with Gasteiger partial charge in [-0.3, -0.25) is 18.6 Å². The molecule has 0 unspecified atom stereocenters. The molecule has 1 N–H and O–H groups in total. The molecule has 0 atom stereocenters. The molecule has 0 aliphatic heterocycles. The lowest BCUT2D eigenvalue weighted by Crippen LogP contribution is -2.30. The molecule has 190 valence electrons. The highest BCUT2D eigenvalue weighted by molar-refractivity contribution is 5.80. The monoisotopic (exact) mass is 488 g/mol. The average molecular weight is 489 g/mol. The summed E-state index contributed by atoms with van der Waals surface area (Å²) in [6, 6.07) is 16.0. The van der Waals surface area contributed by atoms with E-state index >= 15 is 0 Å². The molecule has 0 saturated heterocycles. The molecule has 4 rings (SSSR count). The number of benzene rings is 2. The first kappa shape index (κ1) is 25.4. The van der Waals surface area contributed by atoms with Crippen LogP contribution in [0.4, 0.5) is 5.69 Å². The van der Waals surface area contributed by atoms with E-state index in [-0.39, 0.29) is 17.4 Å². The van der Waals surface area contributed by atoms with Crippen LogP contribution in [0.25, 0.3) is 16.7 Å². The number of fused-ring (bicyclic) bond motifs is 3. The van der Waals surface area contributed by atoms with Crippen LogP contribution < -0.4 is 15.8 Å². The van der Waals surface area contributed by atoms with Gasteiger partial charge in [0.25, 0.3) is 5.56 Å². The molecule has 36 heavy (non-hydrogen) atoms. The molecule has 0 fully saturated rings. The van der Waals surface area contributed by atoms with Crippen molar-refractivity contribution < 1.29 is 4.79 Å². The lowest BCUT2D eigenvalue weighted by Gasteiger charge is -2.23. The molecule has 0 aliphatic rings. The number of aromatic nitrogens is 4. The van der Waals surface area contributed by atoms with Gasteiger partial charge in [-0.2, -0.15) is 0 Å². The largest absolute Gasteiger partial charge is 0.372 e. The van der Waals surface area contributed by atoms with E-state index in [1.165, 1.54) is 11.3 Å². The van der Waals surface area contributed by atoms with E-state index in [1.807, 2.05) is 28.7 Å². The van der Waals surface area contributed by atoms with Gasteiger partial charge in [-0.1, -0.05) is 38.1 Å². The number of anilines is 1. The van der Waals surface area contributed by atoms with E-state index in [1.54, 1.807) is 4.57 Å². The van der Waals surface area contributed by atoms with Gasteiger partial charge in [0.2, 0.25) is 11.7 Å². The maximum Gasteiger partial charge on any atom is 0.262 e. The molecule has 0 saturated carbocycles. The lowest BCUT2D eigenvalue weighted by molar-refractivity contribution is -0.121. The molecule has 2 aromatic heterocycles. The third-order valence-electron chi connectivity index (χ3n) is 6.37. The highest BCUT2D eigenvalue weighted by Gasteiger charge is 2.17. The predicted octanol–water partition coefficient (Wildman–Crippen LogP) is 3.97. The Labute approximate surface area is 212 Å². The Kier molecular flexibility index (Phi) is 8.03. The fourth-order valence-electron chi connectivity index (χ4n) is 4.61. The Hall–Kier alpha value is -3.68. The molecule has 0 radical (unpaired) electrons. The first-order valence-corrected chi connectivity index (χ1v) is 12.8. The highest BCUT2D eigenvalue weighted by atomic mass is 16.1. The smallest absolute Gasteiger partial charge is 0.262 e. The van der Waals surface area contributed by atoms with Crippen molar-refractivity contribution in [3.63, 3.8) is 0 Å². The van der Waals surface area contributed by atoms with Crippen LogP contribution in [0.5, 0.6) is 0 Å². The van der Waals surface area contributed by atoms with Crippen molar-refractivity contribution in [1.29, 1.82) is 0 Å². The highest BCUT2D eigenvalue weighted by Crippen LogP contribution is 2.17. The number of amides is 1. The Morgan fingerprint density at radius 3 is 2.67 bits per heavy atom. The van der Waals surface area contributed by atoms with Crippen LogP contribution in [-0.2, 0) is 17.8 Å². The van der Waals surface area contributed by atoms with Crippen LogP contribution in [0.15, 0.2) is 53.3 Å². The number of aryl methyl sites for hydroxylation is 2. The number of carbonyl (C=O) groups is 1. The number of hydrogen-bond donors (Lipinski definition) is 1. The molecule has 2 heterocycles. The Morgan fingerprint density at radius 2 is 1.92 bits per heavy atom. The summed E-state index contributed by atoms with van der Waals surface area (Å²) in [4.78, 5) is 28.0. The van der Waals surface area contributed by atoms with Crippen molar-refractivity contribution in [2.45, 2.75) is 53.5 Å². The van der Waals surface area contributed by atoms with E-state index in [2.05, 4.69) is 72.4 Å². The van der Waals surface area contributed by atoms with Crippen molar-refractivity contribution >= 4 is 28.3 Å². The summed E-state index contributed by atoms with van der Waals surface area (Å²) in [6.45, 7) is 11.4. The fourth-order valence-corrected chi connectivity index (χ4v) is 4.61. The summed E-state index contributed by atoms with van der Waals surface area (Å²) in [5.74, 6) is 1.49. The second-order valence-corrected chi connectivity index (χ2v) is 9.70. The summed E-state index contributed by atoms with van der Waals surface area (Å²) in [7, 11) is 0. The minimum atomic E-state index is -0.0599. The first-order chi connectivity index (χ1) is 17.4. The summed E-state index contributed by atoms with van der Waals surface area (Å²) in [6.07, 6.45) is 1.63. The zero-order valence-electron chi connectivity index (χ0n) is 21.7. The van der Waals surface area contributed by atoms with Gasteiger partial charge in [-0.05, 0) is 56.0 Å². The standard InChI is InChI=1S/C28H36N6O2/c1-5-32(22-11-8-10-21(4)18-22)17-9-16-29-26(35)15-14-25-30-31-28-33(19-20(2)3)27(36)23-12-6-7-13-24(23)34(25)28/h6-8,10-13,18,20H,5,9,14-17,19H2,1-4H3,(H,29,35). The van der Waals surface area contributed by atoms with Crippen LogP contribution in [0.3, 0.4) is 0 Å². The van der Waals surface area contributed by atoms with E-state index in [4.69, 9.17) is 0 Å². The molecule has 8 nitrogen and oxygen atoms in total. The maximum atomic E-state index is 13.1. The molecule has 1 amide bonds. The van der Waals surface area contributed by atoms with Crippen molar-refractivity contribution in [2.75, 3.05) is 24.5 Å². The third kappa shape index (κ3) is 5.58. The number of nitrogens with one attached hydrogen (secondary N) is 1. The summed E-state index contributed by atoms with van der Waals surface area (Å²) < 4.78 is 3.62. The second kappa shape index (κ2) is 11.4. The normalized spacial score (nSPS) is 11.5. The molecule has 0 spiro atoms. The van der Waals surface area contributed by atoms with E-state index in [9.17, 15) is 9.59 Å². The predicted molar refractivity (Wildman–Crippen MR) is 145 cm³/mol. The minimum absolute atomic E-state index is 0.00911. The molecule has 0 bridgehead atoms. The summed E-state index contributed by atoms with van der Waals surface area (Å²) >= 11 is 0. The minimum Gasteiger partial charge on any atom is -0.372 e. The zero-order chi connectivity index (χ0) is 25.7. The van der Waals surface area contributed by atoms with Gasteiger partial charge < -0.3 is 10.2 Å². The maximum absolute atomic E-state index is 13.1. The average Bonchev–Trinajstić information content (AvgIpc) is 3.29. The van der Waals surface area contributed by atoms with Gasteiger partial charge in [0, 0.05) is 44.7 Å². The van der Waals surface area contributed by atoms with Crippen LogP contribution in [0, 0.1) is 12.8 Å². The number of carbonyl (C=O) groups excluding carboxylic acids is 1.